The van der Waals surface area contributed by atoms with E-state index in [9.17, 15) is 18.0 Å². The lowest BCUT2D eigenvalue weighted by Crippen LogP contribution is -2.31. The van der Waals surface area contributed by atoms with Gasteiger partial charge in [0.25, 0.3) is 5.91 Å². The predicted octanol–water partition coefficient (Wildman–Crippen LogP) is 3.36. The molecule has 3 aromatic rings. The molecule has 1 atom stereocenters. The van der Waals surface area contributed by atoms with Gasteiger partial charge in [-0.1, -0.05) is 12.1 Å². The molecule has 3 rings (SSSR count). The maximum Gasteiger partial charge on any atom is 0.433 e. The van der Waals surface area contributed by atoms with Crippen molar-refractivity contribution < 1.29 is 22.7 Å². The molecule has 0 bridgehead atoms. The van der Waals surface area contributed by atoms with Crippen LogP contribution in [-0.4, -0.2) is 27.6 Å². The van der Waals surface area contributed by atoms with Crippen LogP contribution in [0.15, 0.2) is 55.0 Å². The molecule has 0 aliphatic heterocycles. The van der Waals surface area contributed by atoms with E-state index in [0.29, 0.717) is 11.6 Å². The highest BCUT2D eigenvalue weighted by Crippen LogP contribution is 2.27. The largest absolute Gasteiger partial charge is 0.497 e. The van der Waals surface area contributed by atoms with Crippen LogP contribution in [0.1, 0.15) is 33.5 Å². The van der Waals surface area contributed by atoms with E-state index in [2.05, 4.69) is 15.3 Å². The molecule has 0 saturated heterocycles. The minimum Gasteiger partial charge on any atom is -0.497 e. The Hall–Kier alpha value is -3.36. The molecule has 0 fully saturated rings. The zero-order chi connectivity index (χ0) is 20.3. The molecular formula is C19H17F3N4O2. The Morgan fingerprint density at radius 2 is 1.86 bits per heavy atom. The first-order valence-corrected chi connectivity index (χ1v) is 8.25. The Kier molecular flexibility index (Phi) is 5.34. The lowest BCUT2D eigenvalue weighted by atomic mass is 10.1. The highest BCUT2D eigenvalue weighted by molar-refractivity contribution is 5.94. The van der Waals surface area contributed by atoms with Crippen LogP contribution in [-0.2, 0) is 13.2 Å². The van der Waals surface area contributed by atoms with Crippen molar-refractivity contribution >= 4 is 5.91 Å². The van der Waals surface area contributed by atoms with Crippen LogP contribution in [0.3, 0.4) is 0 Å². The van der Waals surface area contributed by atoms with Gasteiger partial charge in [-0.05, 0) is 29.8 Å². The number of nitrogens with zero attached hydrogens (tertiary/aromatic N) is 3. The number of hydrogen-bond donors (Lipinski definition) is 1. The number of aryl methyl sites for hydroxylation is 1. The van der Waals surface area contributed by atoms with Gasteiger partial charge in [0.05, 0.1) is 12.7 Å². The summed E-state index contributed by atoms with van der Waals surface area (Å²) in [6, 6.07) is 8.31. The second-order valence-corrected chi connectivity index (χ2v) is 6.01. The number of carbonyl (C=O) groups excluding carboxylic acids is 1. The Morgan fingerprint density at radius 1 is 1.14 bits per heavy atom. The SMILES string of the molecule is COc1ccc(C(NC(=O)c2ccc(C(F)(F)F)nc2)c2nccn2C)cc1. The summed E-state index contributed by atoms with van der Waals surface area (Å²) >= 11 is 0. The lowest BCUT2D eigenvalue weighted by Gasteiger charge is -2.19. The molecule has 0 aliphatic carbocycles. The highest BCUT2D eigenvalue weighted by atomic mass is 19.4. The van der Waals surface area contributed by atoms with Crippen molar-refractivity contribution in [1.29, 1.82) is 0 Å². The molecular weight excluding hydrogens is 373 g/mol. The van der Waals surface area contributed by atoms with E-state index in [1.54, 1.807) is 55.4 Å². The number of imidazole rings is 1. The Balaban J connectivity index is 1.89. The number of benzene rings is 1. The van der Waals surface area contributed by atoms with Crippen LogP contribution in [0.4, 0.5) is 13.2 Å². The molecule has 6 nitrogen and oxygen atoms in total. The van der Waals surface area contributed by atoms with E-state index >= 15 is 0 Å². The van der Waals surface area contributed by atoms with Crippen molar-refractivity contribution in [1.82, 2.24) is 19.9 Å². The van der Waals surface area contributed by atoms with Crippen LogP contribution >= 0.6 is 0 Å². The number of aromatic nitrogens is 3. The Labute approximate surface area is 159 Å². The number of nitrogens with one attached hydrogen (secondary N) is 1. The lowest BCUT2D eigenvalue weighted by molar-refractivity contribution is -0.141. The summed E-state index contributed by atoms with van der Waals surface area (Å²) in [6.07, 6.45) is -0.329. The van der Waals surface area contributed by atoms with Gasteiger partial charge in [-0.15, -0.1) is 0 Å². The van der Waals surface area contributed by atoms with Gasteiger partial charge in [0.1, 0.15) is 23.3 Å². The zero-order valence-electron chi connectivity index (χ0n) is 15.1. The van der Waals surface area contributed by atoms with Gasteiger partial charge in [0.2, 0.25) is 0 Å². The molecule has 1 amide bonds. The monoisotopic (exact) mass is 390 g/mol. The van der Waals surface area contributed by atoms with Crippen molar-refractivity contribution in [2.45, 2.75) is 12.2 Å². The number of pyridine rings is 1. The number of rotatable bonds is 5. The third-order valence-electron chi connectivity index (χ3n) is 4.16. The van der Waals surface area contributed by atoms with E-state index in [4.69, 9.17) is 4.74 Å². The van der Waals surface area contributed by atoms with Gasteiger partial charge in [-0.25, -0.2) is 4.98 Å². The third kappa shape index (κ3) is 4.13. The maximum absolute atomic E-state index is 12.7. The van der Waals surface area contributed by atoms with E-state index < -0.39 is 23.8 Å². The number of methoxy groups -OCH3 is 1. The van der Waals surface area contributed by atoms with Crippen molar-refractivity contribution in [3.05, 3.63) is 77.6 Å². The average Bonchev–Trinajstić information content (AvgIpc) is 3.11. The molecule has 146 valence electrons. The fourth-order valence-electron chi connectivity index (χ4n) is 2.66. The van der Waals surface area contributed by atoms with Crippen LogP contribution < -0.4 is 10.1 Å². The van der Waals surface area contributed by atoms with Crippen molar-refractivity contribution in [2.75, 3.05) is 7.11 Å². The number of amides is 1. The first kappa shape index (κ1) is 19.4. The van der Waals surface area contributed by atoms with Gasteiger partial charge in [0, 0.05) is 25.6 Å². The first-order valence-electron chi connectivity index (χ1n) is 8.25. The average molecular weight is 390 g/mol. The molecule has 0 radical (unpaired) electrons. The second kappa shape index (κ2) is 7.71. The molecule has 0 saturated carbocycles. The van der Waals surface area contributed by atoms with Crippen LogP contribution in [0, 0.1) is 0 Å². The fourth-order valence-corrected chi connectivity index (χ4v) is 2.66. The van der Waals surface area contributed by atoms with Gasteiger partial charge in [-0.3, -0.25) is 9.78 Å². The number of alkyl halides is 3. The van der Waals surface area contributed by atoms with E-state index in [1.807, 2.05) is 0 Å². The Morgan fingerprint density at radius 3 is 2.36 bits per heavy atom. The number of halogens is 3. The molecule has 1 N–H and O–H groups in total. The molecule has 9 heteroatoms. The second-order valence-electron chi connectivity index (χ2n) is 6.01. The topological polar surface area (TPSA) is 69.0 Å². The summed E-state index contributed by atoms with van der Waals surface area (Å²) < 4.78 is 44.9. The molecule has 0 aliphatic rings. The summed E-state index contributed by atoms with van der Waals surface area (Å²) in [5.41, 5.74) is -0.302. The van der Waals surface area contributed by atoms with Gasteiger partial charge in [0.15, 0.2) is 0 Å². The van der Waals surface area contributed by atoms with Crippen molar-refractivity contribution in [3.63, 3.8) is 0 Å². The summed E-state index contributed by atoms with van der Waals surface area (Å²) in [7, 11) is 3.33. The third-order valence-corrected chi connectivity index (χ3v) is 4.16. The van der Waals surface area contributed by atoms with Crippen molar-refractivity contribution in [2.24, 2.45) is 7.05 Å². The molecule has 1 unspecified atom stereocenters. The number of ether oxygens (including phenoxy) is 1. The summed E-state index contributed by atoms with van der Waals surface area (Å²) in [5, 5.41) is 2.80. The van der Waals surface area contributed by atoms with Gasteiger partial charge >= 0.3 is 6.18 Å². The van der Waals surface area contributed by atoms with Crippen LogP contribution in [0.5, 0.6) is 5.75 Å². The predicted molar refractivity (Wildman–Crippen MR) is 94.8 cm³/mol. The highest BCUT2D eigenvalue weighted by Gasteiger charge is 2.32. The summed E-state index contributed by atoms with van der Waals surface area (Å²) in [5.74, 6) is 0.657. The van der Waals surface area contributed by atoms with Crippen molar-refractivity contribution in [3.8, 4) is 5.75 Å². The van der Waals surface area contributed by atoms with Gasteiger partial charge < -0.3 is 14.6 Å². The van der Waals surface area contributed by atoms with Gasteiger partial charge in [-0.2, -0.15) is 13.2 Å². The van der Waals surface area contributed by atoms with E-state index in [0.717, 1.165) is 23.9 Å². The molecule has 1 aromatic carbocycles. The summed E-state index contributed by atoms with van der Waals surface area (Å²) in [6.45, 7) is 0. The minimum atomic E-state index is -4.56. The first-order chi connectivity index (χ1) is 13.3. The Bertz CT molecular complexity index is 951. The molecule has 28 heavy (non-hydrogen) atoms. The maximum atomic E-state index is 12.7. The quantitative estimate of drug-likeness (QED) is 0.725. The molecule has 0 spiro atoms. The molecule has 2 heterocycles. The van der Waals surface area contributed by atoms with E-state index in [1.165, 1.54) is 0 Å². The standard InChI is InChI=1S/C19H17F3N4O2/c1-26-10-9-23-17(26)16(12-3-6-14(28-2)7-4-12)25-18(27)13-5-8-15(24-11-13)19(20,21)22/h3-11,16H,1-2H3,(H,25,27). The van der Waals surface area contributed by atoms with Crippen LogP contribution in [0.25, 0.3) is 0 Å². The molecule has 2 aromatic heterocycles. The fraction of sp³-hybridized carbons (Fsp3) is 0.211. The van der Waals surface area contributed by atoms with Crippen LogP contribution in [0.2, 0.25) is 0 Å². The smallest absolute Gasteiger partial charge is 0.433 e. The van der Waals surface area contributed by atoms with E-state index in [-0.39, 0.29) is 5.56 Å². The normalized spacial score (nSPS) is 12.5. The minimum absolute atomic E-state index is 0.0146. The summed E-state index contributed by atoms with van der Waals surface area (Å²) in [4.78, 5) is 20.2. The number of hydrogen-bond acceptors (Lipinski definition) is 4. The zero-order valence-corrected chi connectivity index (χ0v) is 15.1. The number of carbonyl (C=O) groups is 1.